The lowest BCUT2D eigenvalue weighted by Gasteiger charge is -2.40. The van der Waals surface area contributed by atoms with Crippen molar-refractivity contribution >= 4 is 17.5 Å². The zero-order chi connectivity index (χ0) is 22.3. The zero-order valence-corrected chi connectivity index (χ0v) is 18.0. The molecule has 0 spiro atoms. The van der Waals surface area contributed by atoms with Gasteiger partial charge < -0.3 is 15.3 Å². The minimum atomic E-state index is -0.266. The number of carbonyl (C=O) groups excluding carboxylic acids is 2. The topological polar surface area (TPSA) is 69.6 Å². The molecule has 1 saturated carbocycles. The Bertz CT molecular complexity index is 1050. The van der Waals surface area contributed by atoms with Gasteiger partial charge in [-0.05, 0) is 54.7 Å². The van der Waals surface area contributed by atoms with Gasteiger partial charge in [-0.2, -0.15) is 0 Å². The number of hydrogen-bond acceptors (Lipinski definition) is 3. The van der Waals surface area contributed by atoms with E-state index in [0.29, 0.717) is 29.3 Å². The maximum absolute atomic E-state index is 13.6. The molecule has 1 aliphatic rings. The van der Waals surface area contributed by atoms with E-state index in [4.69, 9.17) is 0 Å². The van der Waals surface area contributed by atoms with E-state index in [1.165, 1.54) is 0 Å². The molecule has 0 radical (unpaired) electrons. The van der Waals surface area contributed by atoms with Crippen LogP contribution < -0.4 is 5.32 Å². The largest absolute Gasteiger partial charge is 0.394 e. The molecule has 4 rings (SSSR count). The lowest BCUT2D eigenvalue weighted by molar-refractivity contribution is 0.0313. The van der Waals surface area contributed by atoms with Gasteiger partial charge in [0.15, 0.2) is 0 Å². The highest BCUT2D eigenvalue weighted by atomic mass is 16.3. The Hall–Kier alpha value is -3.44. The first-order valence-corrected chi connectivity index (χ1v) is 11.1. The zero-order valence-electron chi connectivity index (χ0n) is 18.0. The average Bonchev–Trinajstić information content (AvgIpc) is 2.81. The Kier molecular flexibility index (Phi) is 6.97. The number of nitrogens with zero attached hydrogens (tertiary/aromatic N) is 1. The van der Waals surface area contributed by atoms with Crippen molar-refractivity contribution in [2.75, 3.05) is 11.9 Å². The fourth-order valence-corrected chi connectivity index (χ4v) is 4.13. The Morgan fingerprint density at radius 2 is 1.56 bits per heavy atom. The van der Waals surface area contributed by atoms with Crippen LogP contribution in [0.2, 0.25) is 0 Å². The Morgan fingerprint density at radius 1 is 0.906 bits per heavy atom. The van der Waals surface area contributed by atoms with Gasteiger partial charge in [0.1, 0.15) is 0 Å². The van der Waals surface area contributed by atoms with Crippen LogP contribution in [-0.4, -0.2) is 34.5 Å². The first-order chi connectivity index (χ1) is 15.7. The molecule has 0 saturated heterocycles. The van der Waals surface area contributed by atoms with Crippen molar-refractivity contribution in [3.63, 3.8) is 0 Å². The summed E-state index contributed by atoms with van der Waals surface area (Å²) in [7, 11) is 0. The van der Waals surface area contributed by atoms with Gasteiger partial charge in [-0.3, -0.25) is 9.59 Å². The summed E-state index contributed by atoms with van der Waals surface area (Å²) in [6.07, 6.45) is 3.16. The molecule has 0 heterocycles. The fraction of sp³-hybridized carbons (Fsp3) is 0.259. The molecule has 5 nitrogen and oxygen atoms in total. The Morgan fingerprint density at radius 3 is 2.19 bits per heavy atom. The number of carbonyl (C=O) groups is 2. The molecule has 5 heteroatoms. The Labute approximate surface area is 188 Å². The summed E-state index contributed by atoms with van der Waals surface area (Å²) in [5.41, 5.74) is 2.57. The predicted molar refractivity (Wildman–Crippen MR) is 125 cm³/mol. The average molecular weight is 429 g/mol. The van der Waals surface area contributed by atoms with Crippen molar-refractivity contribution in [3.05, 3.63) is 102 Å². The first-order valence-electron chi connectivity index (χ1n) is 11.1. The lowest BCUT2D eigenvalue weighted by atomic mass is 9.79. The minimum absolute atomic E-state index is 0.0720. The van der Waals surface area contributed by atoms with Crippen LogP contribution in [0.3, 0.4) is 0 Å². The quantitative estimate of drug-likeness (QED) is 0.544. The summed E-state index contributed by atoms with van der Waals surface area (Å²) in [6, 6.07) is 25.6. The van der Waals surface area contributed by atoms with Gasteiger partial charge in [0, 0.05) is 23.4 Å². The van der Waals surface area contributed by atoms with Crippen LogP contribution in [-0.2, 0) is 6.54 Å². The third-order valence-electron chi connectivity index (χ3n) is 6.14. The van der Waals surface area contributed by atoms with Crippen molar-refractivity contribution in [1.82, 2.24) is 4.90 Å². The van der Waals surface area contributed by atoms with Crippen LogP contribution in [0, 0.1) is 5.92 Å². The molecular weight excluding hydrogens is 400 g/mol. The maximum Gasteiger partial charge on any atom is 0.255 e. The summed E-state index contributed by atoms with van der Waals surface area (Å²) < 4.78 is 0. The number of amides is 2. The lowest BCUT2D eigenvalue weighted by Crippen LogP contribution is -2.48. The monoisotopic (exact) mass is 428 g/mol. The second-order valence-electron chi connectivity index (χ2n) is 8.26. The van der Waals surface area contributed by atoms with Crippen molar-refractivity contribution in [3.8, 4) is 0 Å². The maximum atomic E-state index is 13.6. The van der Waals surface area contributed by atoms with Crippen molar-refractivity contribution < 1.29 is 14.7 Å². The van der Waals surface area contributed by atoms with Crippen LogP contribution in [0.4, 0.5) is 5.69 Å². The van der Waals surface area contributed by atoms with Gasteiger partial charge >= 0.3 is 0 Å². The molecule has 1 atom stereocenters. The van der Waals surface area contributed by atoms with Crippen molar-refractivity contribution in [1.29, 1.82) is 0 Å². The summed E-state index contributed by atoms with van der Waals surface area (Å²) in [4.78, 5) is 28.1. The van der Waals surface area contributed by atoms with Crippen LogP contribution in [0.1, 0.15) is 45.5 Å². The molecule has 0 bridgehead atoms. The minimum Gasteiger partial charge on any atom is -0.394 e. The first kappa shape index (κ1) is 21.8. The van der Waals surface area contributed by atoms with Gasteiger partial charge in [-0.15, -0.1) is 0 Å². The second kappa shape index (κ2) is 10.2. The molecule has 1 unspecified atom stereocenters. The number of para-hydroxylation sites is 1. The molecule has 3 aromatic carbocycles. The normalized spacial score (nSPS) is 14.3. The smallest absolute Gasteiger partial charge is 0.255 e. The van der Waals surface area contributed by atoms with Crippen LogP contribution in [0.25, 0.3) is 0 Å². The molecule has 0 aromatic heterocycles. The van der Waals surface area contributed by atoms with Gasteiger partial charge in [-0.1, -0.05) is 61.0 Å². The molecule has 3 aromatic rings. The van der Waals surface area contributed by atoms with E-state index in [1.807, 2.05) is 60.7 Å². The van der Waals surface area contributed by atoms with Crippen molar-refractivity contribution in [2.24, 2.45) is 5.92 Å². The van der Waals surface area contributed by atoms with Crippen LogP contribution in [0.15, 0.2) is 84.9 Å². The third kappa shape index (κ3) is 5.06. The third-order valence-corrected chi connectivity index (χ3v) is 6.14. The van der Waals surface area contributed by atoms with E-state index < -0.39 is 0 Å². The van der Waals surface area contributed by atoms with Crippen LogP contribution in [0.5, 0.6) is 0 Å². The van der Waals surface area contributed by atoms with E-state index in [2.05, 4.69) is 5.32 Å². The molecule has 0 aliphatic heterocycles. The highest BCUT2D eigenvalue weighted by molar-refractivity contribution is 6.06. The number of aliphatic hydroxyl groups is 1. The van der Waals surface area contributed by atoms with E-state index in [0.717, 1.165) is 24.8 Å². The molecule has 1 aliphatic carbocycles. The summed E-state index contributed by atoms with van der Waals surface area (Å²) in [5.74, 6) is -0.135. The highest BCUT2D eigenvalue weighted by Crippen LogP contribution is 2.33. The SMILES string of the molecule is O=C(Nc1ccccc1)c1cccc(C(=O)N(Cc2ccccc2)C(CO)C2CCC2)c1. The van der Waals surface area contributed by atoms with Gasteiger partial charge in [0.05, 0.1) is 12.6 Å². The number of aliphatic hydroxyl groups excluding tert-OH is 1. The molecule has 2 amide bonds. The van der Waals surface area contributed by atoms with E-state index >= 15 is 0 Å². The highest BCUT2D eigenvalue weighted by Gasteiger charge is 2.34. The number of benzene rings is 3. The van der Waals surface area contributed by atoms with Gasteiger partial charge in [0.2, 0.25) is 0 Å². The van der Waals surface area contributed by atoms with E-state index in [9.17, 15) is 14.7 Å². The summed E-state index contributed by atoms with van der Waals surface area (Å²) in [6.45, 7) is 0.346. The van der Waals surface area contributed by atoms with Gasteiger partial charge in [-0.25, -0.2) is 0 Å². The summed E-state index contributed by atoms with van der Waals surface area (Å²) >= 11 is 0. The predicted octanol–water partition coefficient (Wildman–Crippen LogP) is 4.74. The number of nitrogens with one attached hydrogen (secondary N) is 1. The molecular formula is C27H28N2O3. The number of hydrogen-bond donors (Lipinski definition) is 2. The molecule has 1 fully saturated rings. The van der Waals surface area contributed by atoms with E-state index in [-0.39, 0.29) is 24.5 Å². The number of anilines is 1. The van der Waals surface area contributed by atoms with Crippen LogP contribution >= 0.6 is 0 Å². The Balaban J connectivity index is 1.58. The molecule has 2 N–H and O–H groups in total. The molecule has 32 heavy (non-hydrogen) atoms. The fourth-order valence-electron chi connectivity index (χ4n) is 4.13. The summed E-state index contributed by atoms with van der Waals surface area (Å²) in [5, 5.41) is 13.0. The van der Waals surface area contributed by atoms with E-state index in [1.54, 1.807) is 29.2 Å². The van der Waals surface area contributed by atoms with Gasteiger partial charge in [0.25, 0.3) is 11.8 Å². The molecule has 164 valence electrons. The number of rotatable bonds is 8. The standard InChI is InChI=1S/C27H28N2O3/c30-19-25(21-11-7-12-21)29(18-20-9-3-1-4-10-20)27(32)23-14-8-13-22(17-23)26(31)28-24-15-5-2-6-16-24/h1-6,8-10,13-17,21,25,30H,7,11-12,18-19H2,(H,28,31). The second-order valence-corrected chi connectivity index (χ2v) is 8.26. The van der Waals surface area contributed by atoms with Crippen molar-refractivity contribution in [2.45, 2.75) is 31.8 Å².